The highest BCUT2D eigenvalue weighted by Crippen LogP contribution is 2.18. The summed E-state index contributed by atoms with van der Waals surface area (Å²) in [7, 11) is 0. The van der Waals surface area contributed by atoms with Gasteiger partial charge in [0.05, 0.1) is 0 Å². The summed E-state index contributed by atoms with van der Waals surface area (Å²) in [6, 6.07) is 7.61. The molecule has 2 aliphatic rings. The molecule has 24 heavy (non-hydrogen) atoms. The molecule has 0 spiro atoms. The zero-order valence-corrected chi connectivity index (χ0v) is 14.5. The number of halogens is 1. The van der Waals surface area contributed by atoms with Crippen molar-refractivity contribution in [1.82, 2.24) is 9.80 Å². The Labute approximate surface area is 147 Å². The molecule has 5 nitrogen and oxygen atoms in total. The third-order valence-electron chi connectivity index (χ3n) is 4.72. The van der Waals surface area contributed by atoms with Crippen LogP contribution in [-0.2, 0) is 20.7 Å². The highest BCUT2D eigenvalue weighted by Gasteiger charge is 2.31. The van der Waals surface area contributed by atoms with Gasteiger partial charge in [0.2, 0.25) is 5.91 Å². The molecule has 1 atom stereocenters. The predicted molar refractivity (Wildman–Crippen MR) is 91.9 cm³/mol. The van der Waals surface area contributed by atoms with Crippen LogP contribution < -0.4 is 0 Å². The minimum atomic E-state index is -0.271. The van der Waals surface area contributed by atoms with Crippen LogP contribution in [0.5, 0.6) is 0 Å². The smallest absolute Gasteiger partial charge is 0.251 e. The van der Waals surface area contributed by atoms with Crippen LogP contribution in [0.2, 0.25) is 5.02 Å². The number of carbonyl (C=O) groups is 2. The fraction of sp³-hybridized carbons (Fsp3) is 0.556. The summed E-state index contributed by atoms with van der Waals surface area (Å²) in [5, 5.41) is 0.706. The summed E-state index contributed by atoms with van der Waals surface area (Å²) in [5.41, 5.74) is 1.000. The van der Waals surface area contributed by atoms with Gasteiger partial charge in [-0.05, 0) is 30.9 Å². The Morgan fingerprint density at radius 2 is 1.83 bits per heavy atom. The lowest BCUT2D eigenvalue weighted by atomic mass is 10.1. The number of ether oxygens (including phenoxy) is 1. The van der Waals surface area contributed by atoms with Crippen LogP contribution in [0.4, 0.5) is 0 Å². The van der Waals surface area contributed by atoms with Crippen molar-refractivity contribution in [2.24, 2.45) is 0 Å². The van der Waals surface area contributed by atoms with Gasteiger partial charge in [-0.3, -0.25) is 9.59 Å². The van der Waals surface area contributed by atoms with Crippen LogP contribution in [0, 0.1) is 0 Å². The van der Waals surface area contributed by atoms with Crippen LogP contribution in [-0.4, -0.2) is 60.5 Å². The van der Waals surface area contributed by atoms with E-state index in [9.17, 15) is 9.59 Å². The Kier molecular flexibility index (Phi) is 5.74. The van der Waals surface area contributed by atoms with Crippen molar-refractivity contribution in [2.75, 3.05) is 32.8 Å². The van der Waals surface area contributed by atoms with Gasteiger partial charge in [0.25, 0.3) is 5.91 Å². The second-order valence-corrected chi connectivity index (χ2v) is 6.71. The summed E-state index contributed by atoms with van der Waals surface area (Å²) < 4.78 is 5.46. The summed E-state index contributed by atoms with van der Waals surface area (Å²) in [6.07, 6.45) is 2.59. The minimum Gasteiger partial charge on any atom is -0.368 e. The molecular weight excluding hydrogens is 328 g/mol. The van der Waals surface area contributed by atoms with E-state index in [4.69, 9.17) is 16.3 Å². The highest BCUT2D eigenvalue weighted by atomic mass is 35.5. The molecule has 2 heterocycles. The van der Waals surface area contributed by atoms with E-state index < -0.39 is 0 Å². The lowest BCUT2D eigenvalue weighted by molar-refractivity contribution is -0.146. The Morgan fingerprint density at radius 3 is 2.50 bits per heavy atom. The van der Waals surface area contributed by atoms with Crippen LogP contribution >= 0.6 is 11.6 Å². The summed E-state index contributed by atoms with van der Waals surface area (Å²) in [4.78, 5) is 28.3. The zero-order valence-electron chi connectivity index (χ0n) is 13.7. The van der Waals surface area contributed by atoms with Crippen LogP contribution in [0.3, 0.4) is 0 Å². The average molecular weight is 351 g/mol. The van der Waals surface area contributed by atoms with E-state index in [1.54, 1.807) is 0 Å². The van der Waals surface area contributed by atoms with Gasteiger partial charge in [-0.15, -0.1) is 0 Å². The van der Waals surface area contributed by atoms with Gasteiger partial charge in [-0.25, -0.2) is 0 Å². The van der Waals surface area contributed by atoms with Gasteiger partial charge in [0.15, 0.2) is 0 Å². The van der Waals surface area contributed by atoms with Crippen molar-refractivity contribution in [3.05, 3.63) is 34.9 Å². The summed E-state index contributed by atoms with van der Waals surface area (Å²) in [5.74, 6) is 0.204. The molecule has 1 aromatic carbocycles. The topological polar surface area (TPSA) is 49.9 Å². The average Bonchev–Trinajstić information content (AvgIpc) is 3.15. The molecule has 3 rings (SSSR count). The molecule has 2 fully saturated rings. The maximum atomic E-state index is 12.4. The van der Waals surface area contributed by atoms with Crippen LogP contribution in [0.25, 0.3) is 0 Å². The lowest BCUT2D eigenvalue weighted by Gasteiger charge is -2.35. The molecule has 0 saturated carbocycles. The molecule has 0 bridgehead atoms. The van der Waals surface area contributed by atoms with Gasteiger partial charge in [0, 0.05) is 44.2 Å². The fourth-order valence-electron chi connectivity index (χ4n) is 3.25. The molecule has 0 radical (unpaired) electrons. The number of benzene rings is 1. The van der Waals surface area contributed by atoms with E-state index in [2.05, 4.69) is 0 Å². The van der Waals surface area contributed by atoms with Gasteiger partial charge in [0.1, 0.15) is 6.10 Å². The molecule has 0 aromatic heterocycles. The van der Waals surface area contributed by atoms with Crippen molar-refractivity contribution in [3.8, 4) is 0 Å². The molecular formula is C18H23ClN2O3. The first kappa shape index (κ1) is 17.2. The largest absolute Gasteiger partial charge is 0.368 e. The number of carbonyl (C=O) groups excluding carboxylic acids is 2. The van der Waals surface area contributed by atoms with Crippen molar-refractivity contribution >= 4 is 23.4 Å². The number of hydrogen-bond donors (Lipinski definition) is 0. The highest BCUT2D eigenvalue weighted by molar-refractivity contribution is 6.31. The van der Waals surface area contributed by atoms with Crippen LogP contribution in [0.15, 0.2) is 24.3 Å². The Morgan fingerprint density at radius 1 is 1.12 bits per heavy atom. The Bertz CT molecular complexity index is 594. The van der Waals surface area contributed by atoms with Crippen LogP contribution in [0.1, 0.15) is 24.8 Å². The van der Waals surface area contributed by atoms with E-state index in [0.29, 0.717) is 50.7 Å². The maximum absolute atomic E-state index is 12.4. The van der Waals surface area contributed by atoms with Crippen molar-refractivity contribution in [2.45, 2.75) is 31.8 Å². The first-order valence-electron chi connectivity index (χ1n) is 8.57. The van der Waals surface area contributed by atoms with E-state index in [-0.39, 0.29) is 17.9 Å². The number of amides is 2. The van der Waals surface area contributed by atoms with E-state index in [1.807, 2.05) is 34.1 Å². The maximum Gasteiger partial charge on any atom is 0.251 e. The Hall–Kier alpha value is -1.59. The third-order valence-corrected chi connectivity index (χ3v) is 5.08. The van der Waals surface area contributed by atoms with Gasteiger partial charge in [-0.1, -0.05) is 29.8 Å². The quantitative estimate of drug-likeness (QED) is 0.835. The fourth-order valence-corrected chi connectivity index (χ4v) is 3.48. The molecule has 0 aliphatic carbocycles. The molecule has 6 heteroatoms. The number of aryl methyl sites for hydroxylation is 1. The normalized spacial score (nSPS) is 21.1. The predicted octanol–water partition coefficient (Wildman–Crippen LogP) is 2.12. The molecule has 2 amide bonds. The SMILES string of the molecule is O=C(CCc1ccccc1Cl)N1CCN(C(=O)[C@@H]2CCCO2)CC1. The first-order valence-corrected chi connectivity index (χ1v) is 8.94. The standard InChI is InChI=1S/C18H23ClN2O3/c19-15-5-2-1-4-14(15)7-8-17(22)20-9-11-21(12-10-20)18(23)16-6-3-13-24-16/h1-2,4-5,16H,3,6-13H2/t16-/m0/s1. The Balaban J connectivity index is 1.45. The lowest BCUT2D eigenvalue weighted by Crippen LogP contribution is -2.52. The van der Waals surface area contributed by atoms with E-state index >= 15 is 0 Å². The van der Waals surface area contributed by atoms with Crippen molar-refractivity contribution in [3.63, 3.8) is 0 Å². The van der Waals surface area contributed by atoms with Gasteiger partial charge < -0.3 is 14.5 Å². The van der Waals surface area contributed by atoms with Gasteiger partial charge in [-0.2, -0.15) is 0 Å². The molecule has 0 unspecified atom stereocenters. The van der Waals surface area contributed by atoms with E-state index in [1.165, 1.54) is 0 Å². The molecule has 2 saturated heterocycles. The second kappa shape index (κ2) is 7.99. The molecule has 2 aliphatic heterocycles. The monoisotopic (exact) mass is 350 g/mol. The number of hydrogen-bond acceptors (Lipinski definition) is 3. The van der Waals surface area contributed by atoms with E-state index in [0.717, 1.165) is 18.4 Å². The summed E-state index contributed by atoms with van der Waals surface area (Å²) in [6.45, 7) is 3.06. The first-order chi connectivity index (χ1) is 11.6. The van der Waals surface area contributed by atoms with Gasteiger partial charge >= 0.3 is 0 Å². The molecule has 130 valence electrons. The summed E-state index contributed by atoms with van der Waals surface area (Å²) >= 11 is 6.13. The second-order valence-electron chi connectivity index (χ2n) is 6.30. The minimum absolute atomic E-state index is 0.0793. The number of nitrogens with zero attached hydrogens (tertiary/aromatic N) is 2. The zero-order chi connectivity index (χ0) is 16.9. The molecule has 0 N–H and O–H groups in total. The van der Waals surface area contributed by atoms with Crippen molar-refractivity contribution < 1.29 is 14.3 Å². The number of piperazine rings is 1. The molecule has 1 aromatic rings. The third kappa shape index (κ3) is 4.08. The number of rotatable bonds is 4. The van der Waals surface area contributed by atoms with Crippen molar-refractivity contribution in [1.29, 1.82) is 0 Å².